The normalized spacial score (nSPS) is 9.64. The number of ether oxygens (including phenoxy) is 2. The molecule has 0 amide bonds. The second-order valence-corrected chi connectivity index (χ2v) is 12.3. The van der Waals surface area contributed by atoms with Crippen molar-refractivity contribution in [1.29, 1.82) is 0 Å². The second kappa shape index (κ2) is 45.8. The van der Waals surface area contributed by atoms with Crippen LogP contribution in [0.25, 0.3) is 0 Å². The van der Waals surface area contributed by atoms with Crippen LogP contribution in [0, 0.1) is 5.41 Å². The Bertz CT molecular complexity index is 1530. The summed E-state index contributed by atoms with van der Waals surface area (Å²) in [5, 5.41) is 74.3. The quantitative estimate of drug-likeness (QED) is 0.0150. The molecule has 1 rings (SSSR count). The number of aliphatic carboxylic acids is 1. The van der Waals surface area contributed by atoms with Gasteiger partial charge in [-0.3, -0.25) is 9.35 Å². The van der Waals surface area contributed by atoms with Crippen LogP contribution < -0.4 is 0 Å². The number of carbonyl (C=O) groups is 3. The molecule has 0 heterocycles. The molecule has 26 heteroatoms. The summed E-state index contributed by atoms with van der Waals surface area (Å²) in [4.78, 5) is 83.4. The predicted molar refractivity (Wildman–Crippen MR) is 208 cm³/mol. The van der Waals surface area contributed by atoms with Gasteiger partial charge in [-0.25, -0.2) is 38.8 Å². The molecule has 1 aromatic rings. The van der Waals surface area contributed by atoms with E-state index in [-0.39, 0.29) is 50.6 Å². The number of esters is 2. The number of aliphatic imine (C=N–C) groups is 4. The molecule has 1 aromatic carbocycles. The topological polar surface area (TPSA) is 424 Å². The molecule has 10 N–H and O–H groups in total. The number of aliphatic hydroxyl groups is 8. The molecule has 348 valence electrons. The van der Waals surface area contributed by atoms with Crippen molar-refractivity contribution in [3.05, 3.63) is 29.3 Å². The average molecular weight is 901 g/mol. The van der Waals surface area contributed by atoms with Gasteiger partial charge in [0.25, 0.3) is 10.1 Å². The van der Waals surface area contributed by atoms with E-state index in [0.29, 0.717) is 19.5 Å². The van der Waals surface area contributed by atoms with Gasteiger partial charge in [-0.05, 0) is 43.9 Å². The third-order valence-electron chi connectivity index (χ3n) is 6.40. The van der Waals surface area contributed by atoms with Crippen LogP contribution in [-0.4, -0.2) is 180 Å². The van der Waals surface area contributed by atoms with Crippen molar-refractivity contribution in [1.82, 2.24) is 0 Å². The fourth-order valence-electron chi connectivity index (χ4n) is 3.16. The number of hydrogen-bond acceptors (Lipinski definition) is 23. The van der Waals surface area contributed by atoms with Gasteiger partial charge >= 0.3 is 17.9 Å². The summed E-state index contributed by atoms with van der Waals surface area (Å²) in [7, 11) is -4.67. The maximum absolute atomic E-state index is 11.7. The maximum Gasteiger partial charge on any atom is 0.338 e. The van der Waals surface area contributed by atoms with Crippen molar-refractivity contribution in [2.75, 3.05) is 72.6 Å². The molecule has 0 bridgehead atoms. The summed E-state index contributed by atoms with van der Waals surface area (Å²) in [5.41, 5.74) is -1.99. The first-order chi connectivity index (χ1) is 28.9. The summed E-state index contributed by atoms with van der Waals surface area (Å²) in [6, 6.07) is 2.64. The number of nitrogens with zero attached hydrogens (tertiary/aromatic N) is 4. The molecule has 0 aromatic heterocycles. The minimum atomic E-state index is -4.67. The molecular formula is C35H56N4O21S. The van der Waals surface area contributed by atoms with Crippen molar-refractivity contribution < 1.29 is 102 Å². The first kappa shape index (κ1) is 64.9. The Kier molecular flexibility index (Phi) is 48.7. The Morgan fingerprint density at radius 3 is 1.28 bits per heavy atom. The van der Waals surface area contributed by atoms with Gasteiger partial charge in [-0.15, -0.1) is 0 Å². The highest BCUT2D eigenvalue weighted by Crippen LogP contribution is 2.20. The second-order valence-electron chi connectivity index (χ2n) is 10.9. The Labute approximate surface area is 351 Å². The number of carboxylic acid groups (broad SMARTS) is 1. The van der Waals surface area contributed by atoms with Gasteiger partial charge in [-0.1, -0.05) is 33.1 Å². The summed E-state index contributed by atoms with van der Waals surface area (Å²) >= 11 is 0. The Morgan fingerprint density at radius 2 is 1.07 bits per heavy atom. The number of rotatable bonds is 23. The van der Waals surface area contributed by atoms with Gasteiger partial charge in [0.05, 0.1) is 68.8 Å². The van der Waals surface area contributed by atoms with Crippen molar-refractivity contribution in [2.24, 2.45) is 25.4 Å². The highest BCUT2D eigenvalue weighted by molar-refractivity contribution is 7.85. The number of carboxylic acids is 1. The molecule has 0 aliphatic heterocycles. The smallest absolute Gasteiger partial charge is 0.338 e. The van der Waals surface area contributed by atoms with Gasteiger partial charge in [0.1, 0.15) is 18.6 Å². The Morgan fingerprint density at radius 1 is 0.672 bits per heavy atom. The highest BCUT2D eigenvalue weighted by atomic mass is 32.2. The van der Waals surface area contributed by atoms with E-state index in [1.54, 1.807) is 6.92 Å². The summed E-state index contributed by atoms with van der Waals surface area (Å²) in [5.74, 6) is -3.13. The van der Waals surface area contributed by atoms with Crippen LogP contribution in [0.4, 0.5) is 0 Å². The van der Waals surface area contributed by atoms with E-state index >= 15 is 0 Å². The molecular weight excluding hydrogens is 844 g/mol. The van der Waals surface area contributed by atoms with Crippen LogP contribution in [0.2, 0.25) is 0 Å². The van der Waals surface area contributed by atoms with Gasteiger partial charge in [0, 0.05) is 0 Å². The molecule has 61 heavy (non-hydrogen) atoms. The standard InChI is InChI=1S/C12H14O9S.C8H12N2O2.C6H12O4.C4H10O2.C3H2N2O2.C2H6O2/c13-1-3-20-11(15)8-5-9(12(16)21-4-2-14)7-10(6-8)22(17,18)19;11-7-9-5-3-1-2-4-6-10-8-12;1-2-6(3-7,4-8)5(9)10;1-2-3-4(5)6;6-2-4-1-5-3-7;3-1-2-4/h5-7,13-14H,1-4H2,(H,17,18,19);1-6H2;7-8H,2-4H2,1H3,(H,9,10);4-6H,2-3H2,1H3;1H2;3-4H,1-2H2. The summed E-state index contributed by atoms with van der Waals surface area (Å²) < 4.78 is 40.6. The van der Waals surface area contributed by atoms with E-state index in [2.05, 4.69) is 29.4 Å². The minimum absolute atomic E-state index is 0.125. The van der Waals surface area contributed by atoms with Gasteiger partial charge in [0.15, 0.2) is 13.0 Å². The average Bonchev–Trinajstić information content (AvgIpc) is 3.24. The first-order valence-electron chi connectivity index (χ1n) is 17.8. The van der Waals surface area contributed by atoms with Crippen molar-refractivity contribution in [3.8, 4) is 0 Å². The molecule has 0 radical (unpaired) electrons. The molecule has 0 saturated heterocycles. The van der Waals surface area contributed by atoms with E-state index in [1.807, 2.05) is 6.92 Å². The Hall–Kier alpha value is -5.26. The van der Waals surface area contributed by atoms with Crippen LogP contribution in [0.5, 0.6) is 0 Å². The fourth-order valence-corrected chi connectivity index (χ4v) is 3.72. The predicted octanol–water partition coefficient (Wildman–Crippen LogP) is -1.41. The highest BCUT2D eigenvalue weighted by Gasteiger charge is 2.35. The number of aliphatic hydroxyl groups excluding tert-OH is 7. The zero-order valence-electron chi connectivity index (χ0n) is 33.7. The third-order valence-corrected chi connectivity index (χ3v) is 7.23. The lowest BCUT2D eigenvalue weighted by molar-refractivity contribution is -0.154. The van der Waals surface area contributed by atoms with Crippen molar-refractivity contribution in [2.45, 2.75) is 70.0 Å². The van der Waals surface area contributed by atoms with Gasteiger partial charge in [-0.2, -0.15) is 18.4 Å². The lowest BCUT2D eigenvalue weighted by atomic mass is 9.87. The molecule has 0 saturated carbocycles. The zero-order chi connectivity index (χ0) is 48.0. The molecule has 0 aliphatic carbocycles. The first-order valence-corrected chi connectivity index (χ1v) is 19.2. The van der Waals surface area contributed by atoms with E-state index in [9.17, 15) is 42.0 Å². The van der Waals surface area contributed by atoms with Crippen molar-refractivity contribution >= 4 is 52.3 Å². The third kappa shape index (κ3) is 41.3. The number of unbranched alkanes of at least 4 members (excludes halogenated alkanes) is 3. The number of carbonyl (C=O) groups excluding carboxylic acids is 6. The molecule has 25 nitrogen and oxygen atoms in total. The van der Waals surface area contributed by atoms with E-state index < -0.39 is 71.1 Å². The SMILES string of the molecule is CCC(CO)(CO)C(=O)O.CCCC(O)O.O=C(OCCO)c1cc(C(=O)OCCO)cc(S(=O)(=O)O)c1.O=C=NCCCCCCN=C=O.O=C=NCN=C=O.OCCO. The number of benzene rings is 1. The number of isocyanates is 4. The van der Waals surface area contributed by atoms with Gasteiger partial charge < -0.3 is 55.4 Å². The lowest BCUT2D eigenvalue weighted by Crippen LogP contribution is -2.37. The molecule has 0 unspecified atom stereocenters. The largest absolute Gasteiger partial charge is 0.481 e. The van der Waals surface area contributed by atoms with E-state index in [4.69, 9.17) is 50.5 Å². The monoisotopic (exact) mass is 900 g/mol. The molecule has 0 atom stereocenters. The van der Waals surface area contributed by atoms with Crippen LogP contribution in [0.1, 0.15) is 79.5 Å². The summed E-state index contributed by atoms with van der Waals surface area (Å²) in [6.45, 7) is 1.67. The zero-order valence-corrected chi connectivity index (χ0v) is 34.5. The van der Waals surface area contributed by atoms with E-state index in [1.165, 1.54) is 24.3 Å². The van der Waals surface area contributed by atoms with Crippen LogP contribution in [-0.2, 0) is 43.6 Å². The van der Waals surface area contributed by atoms with E-state index in [0.717, 1.165) is 50.3 Å². The van der Waals surface area contributed by atoms with Gasteiger partial charge in [0.2, 0.25) is 24.3 Å². The maximum atomic E-state index is 11.7. The minimum Gasteiger partial charge on any atom is -0.481 e. The van der Waals surface area contributed by atoms with Crippen molar-refractivity contribution in [3.63, 3.8) is 0 Å². The van der Waals surface area contributed by atoms with Crippen LogP contribution >= 0.6 is 0 Å². The lowest BCUT2D eigenvalue weighted by Gasteiger charge is -2.21. The number of hydrogen-bond donors (Lipinski definition) is 10. The Balaban J connectivity index is -0.000000228. The fraction of sp³-hybridized carbons (Fsp3) is 0.629. The molecule has 0 aliphatic rings. The summed E-state index contributed by atoms with van der Waals surface area (Å²) in [6.07, 6.45) is 9.66. The molecule has 0 spiro atoms. The molecule has 0 fully saturated rings. The van der Waals surface area contributed by atoms with Crippen LogP contribution in [0.3, 0.4) is 0 Å². The van der Waals surface area contributed by atoms with Crippen LogP contribution in [0.15, 0.2) is 43.1 Å².